The molecule has 2 rings (SSSR count). The molecule has 0 unspecified atom stereocenters. The summed E-state index contributed by atoms with van der Waals surface area (Å²) in [7, 11) is 1.32. The summed E-state index contributed by atoms with van der Waals surface area (Å²) in [5.41, 5.74) is 2.10. The summed E-state index contributed by atoms with van der Waals surface area (Å²) < 4.78 is 10.3. The molecule has 23 heavy (non-hydrogen) atoms. The fourth-order valence-corrected chi connectivity index (χ4v) is 2.93. The van der Waals surface area contributed by atoms with Crippen molar-refractivity contribution in [3.8, 4) is 5.75 Å². The molecule has 0 spiro atoms. The third-order valence-corrected chi connectivity index (χ3v) is 4.22. The molecule has 122 valence electrons. The van der Waals surface area contributed by atoms with E-state index in [9.17, 15) is 9.59 Å². The summed E-state index contributed by atoms with van der Waals surface area (Å²) in [6.45, 7) is 4.25. The van der Waals surface area contributed by atoms with E-state index in [4.69, 9.17) is 4.74 Å². The number of hydrogen-bond donors (Lipinski definition) is 1. The van der Waals surface area contributed by atoms with Gasteiger partial charge in [-0.15, -0.1) is 11.3 Å². The highest BCUT2D eigenvalue weighted by Crippen LogP contribution is 2.24. The third kappa shape index (κ3) is 4.56. The second-order valence-electron chi connectivity index (χ2n) is 5.02. The van der Waals surface area contributed by atoms with Gasteiger partial charge in [-0.3, -0.25) is 4.79 Å². The molecular formula is C17H19NO4S. The molecule has 5 nitrogen and oxygen atoms in total. The zero-order valence-electron chi connectivity index (χ0n) is 13.3. The molecule has 1 heterocycles. The predicted molar refractivity (Wildman–Crippen MR) is 90.3 cm³/mol. The zero-order valence-corrected chi connectivity index (χ0v) is 14.2. The molecule has 1 aromatic carbocycles. The first-order valence-corrected chi connectivity index (χ1v) is 8.00. The summed E-state index contributed by atoms with van der Waals surface area (Å²) in [5, 5.41) is 3.36. The molecule has 1 N–H and O–H groups in total. The van der Waals surface area contributed by atoms with E-state index in [1.165, 1.54) is 18.4 Å². The summed E-state index contributed by atoms with van der Waals surface area (Å²) in [6.07, 6.45) is 0.235. The van der Waals surface area contributed by atoms with E-state index in [0.29, 0.717) is 16.5 Å². The summed E-state index contributed by atoms with van der Waals surface area (Å²) in [5.74, 6) is 0.257. The minimum Gasteiger partial charge on any atom is -0.493 e. The number of hydrogen-bond acceptors (Lipinski definition) is 5. The van der Waals surface area contributed by atoms with Crippen LogP contribution in [0.15, 0.2) is 30.3 Å². The Hall–Kier alpha value is -2.34. The molecule has 1 aromatic heterocycles. The first-order chi connectivity index (χ1) is 11.0. The number of carbonyl (C=O) groups excluding carboxylic acids is 2. The number of esters is 1. The number of ether oxygens (including phenoxy) is 2. The van der Waals surface area contributed by atoms with Crippen LogP contribution in [0.4, 0.5) is 5.00 Å². The molecule has 0 radical (unpaired) electrons. The number of benzene rings is 1. The molecule has 0 saturated heterocycles. The summed E-state index contributed by atoms with van der Waals surface area (Å²) in [4.78, 5) is 23.7. The van der Waals surface area contributed by atoms with Crippen molar-refractivity contribution < 1.29 is 19.1 Å². The summed E-state index contributed by atoms with van der Waals surface area (Å²) >= 11 is 1.18. The van der Waals surface area contributed by atoms with Crippen molar-refractivity contribution >= 4 is 28.2 Å². The lowest BCUT2D eigenvalue weighted by atomic mass is 10.1. The topological polar surface area (TPSA) is 64.6 Å². The van der Waals surface area contributed by atoms with Crippen molar-refractivity contribution in [3.63, 3.8) is 0 Å². The Bertz CT molecular complexity index is 688. The number of nitrogens with one attached hydrogen (secondary N) is 1. The van der Waals surface area contributed by atoms with Crippen LogP contribution in [0.2, 0.25) is 0 Å². The van der Waals surface area contributed by atoms with Crippen molar-refractivity contribution in [1.82, 2.24) is 0 Å². The van der Waals surface area contributed by atoms with E-state index < -0.39 is 5.97 Å². The monoisotopic (exact) mass is 333 g/mol. The van der Waals surface area contributed by atoms with Gasteiger partial charge >= 0.3 is 5.97 Å². The van der Waals surface area contributed by atoms with Gasteiger partial charge in [0.1, 0.15) is 10.6 Å². The van der Waals surface area contributed by atoms with Gasteiger partial charge < -0.3 is 14.8 Å². The maximum absolute atomic E-state index is 11.9. The quantitative estimate of drug-likeness (QED) is 0.821. The Morgan fingerprint density at radius 1 is 1.13 bits per heavy atom. The molecule has 2 aromatic rings. The first kappa shape index (κ1) is 17.0. The van der Waals surface area contributed by atoms with Gasteiger partial charge in [0, 0.05) is 0 Å². The van der Waals surface area contributed by atoms with E-state index in [1.807, 2.05) is 32.0 Å². The van der Waals surface area contributed by atoms with E-state index >= 15 is 0 Å². The second-order valence-corrected chi connectivity index (χ2v) is 6.11. The fraction of sp³-hybridized carbons (Fsp3) is 0.294. The maximum atomic E-state index is 11.9. The van der Waals surface area contributed by atoms with E-state index in [0.717, 1.165) is 16.9 Å². The number of carbonyl (C=O) groups is 2. The Balaban J connectivity index is 1.84. The number of methoxy groups -OCH3 is 1. The number of anilines is 1. The minimum absolute atomic E-state index is 0.158. The van der Waals surface area contributed by atoms with Crippen LogP contribution in [-0.4, -0.2) is 25.6 Å². The number of rotatable bonds is 6. The number of aryl methyl sites for hydroxylation is 2. The van der Waals surface area contributed by atoms with Crippen LogP contribution in [0, 0.1) is 13.8 Å². The van der Waals surface area contributed by atoms with Gasteiger partial charge in [-0.05, 0) is 37.1 Å². The van der Waals surface area contributed by atoms with Gasteiger partial charge in [0.15, 0.2) is 0 Å². The fourth-order valence-electron chi connectivity index (χ4n) is 2.09. The largest absolute Gasteiger partial charge is 0.493 e. The smallest absolute Gasteiger partial charge is 0.348 e. The lowest BCUT2D eigenvalue weighted by Crippen LogP contribution is -2.14. The highest BCUT2D eigenvalue weighted by Gasteiger charge is 2.11. The molecule has 0 saturated carbocycles. The third-order valence-electron chi connectivity index (χ3n) is 3.24. The van der Waals surface area contributed by atoms with Crippen LogP contribution >= 0.6 is 11.3 Å². The highest BCUT2D eigenvalue weighted by molar-refractivity contribution is 7.18. The minimum atomic E-state index is -0.408. The molecule has 1 amide bonds. The Kier molecular flexibility index (Phi) is 5.76. The summed E-state index contributed by atoms with van der Waals surface area (Å²) in [6, 6.07) is 9.23. The standard InChI is InChI=1S/C17H19NO4S/c1-11-5-4-6-12(2)16(11)22-10-9-14(19)18-15-8-7-13(23-15)17(20)21-3/h4-8H,9-10H2,1-3H3,(H,18,19). The number of amides is 1. The van der Waals surface area contributed by atoms with Crippen LogP contribution in [-0.2, 0) is 9.53 Å². The first-order valence-electron chi connectivity index (χ1n) is 7.18. The van der Waals surface area contributed by atoms with Gasteiger partial charge in [-0.1, -0.05) is 18.2 Å². The molecule has 0 atom stereocenters. The van der Waals surface area contributed by atoms with Crippen LogP contribution < -0.4 is 10.1 Å². The van der Waals surface area contributed by atoms with Crippen molar-refractivity contribution in [2.45, 2.75) is 20.3 Å². The van der Waals surface area contributed by atoms with E-state index in [1.54, 1.807) is 12.1 Å². The molecule has 0 aliphatic rings. The number of thiophene rings is 1. The Morgan fingerprint density at radius 3 is 2.48 bits per heavy atom. The van der Waals surface area contributed by atoms with Gasteiger partial charge in [-0.2, -0.15) is 0 Å². The second kappa shape index (κ2) is 7.78. The van der Waals surface area contributed by atoms with E-state index in [-0.39, 0.29) is 12.3 Å². The maximum Gasteiger partial charge on any atom is 0.348 e. The molecule has 0 fully saturated rings. The predicted octanol–water partition coefficient (Wildman–Crippen LogP) is 3.56. The number of para-hydroxylation sites is 1. The molecule has 0 aliphatic heterocycles. The van der Waals surface area contributed by atoms with Gasteiger partial charge in [-0.25, -0.2) is 4.79 Å². The molecule has 6 heteroatoms. The SMILES string of the molecule is COC(=O)c1ccc(NC(=O)CCOc2c(C)cccc2C)s1. The van der Waals surface area contributed by atoms with Crippen LogP contribution in [0.3, 0.4) is 0 Å². The average molecular weight is 333 g/mol. The van der Waals surface area contributed by atoms with Crippen molar-refractivity contribution in [3.05, 3.63) is 46.3 Å². The van der Waals surface area contributed by atoms with Crippen molar-refractivity contribution in [2.75, 3.05) is 19.0 Å². The van der Waals surface area contributed by atoms with Crippen molar-refractivity contribution in [2.24, 2.45) is 0 Å². The Labute approximate surface area is 139 Å². The lowest BCUT2D eigenvalue weighted by molar-refractivity contribution is -0.116. The molecule has 0 aliphatic carbocycles. The molecule has 0 bridgehead atoms. The van der Waals surface area contributed by atoms with E-state index in [2.05, 4.69) is 10.1 Å². The van der Waals surface area contributed by atoms with Crippen LogP contribution in [0.25, 0.3) is 0 Å². The van der Waals surface area contributed by atoms with Crippen LogP contribution in [0.1, 0.15) is 27.2 Å². The average Bonchev–Trinajstić information content (AvgIpc) is 2.98. The van der Waals surface area contributed by atoms with Gasteiger partial charge in [0.2, 0.25) is 5.91 Å². The molecular weight excluding hydrogens is 314 g/mol. The van der Waals surface area contributed by atoms with Gasteiger partial charge in [0.25, 0.3) is 0 Å². The van der Waals surface area contributed by atoms with Crippen LogP contribution in [0.5, 0.6) is 5.75 Å². The van der Waals surface area contributed by atoms with Crippen molar-refractivity contribution in [1.29, 1.82) is 0 Å². The Morgan fingerprint density at radius 2 is 1.83 bits per heavy atom. The highest BCUT2D eigenvalue weighted by atomic mass is 32.1. The van der Waals surface area contributed by atoms with Gasteiger partial charge in [0.05, 0.1) is 25.1 Å². The lowest BCUT2D eigenvalue weighted by Gasteiger charge is -2.11. The zero-order chi connectivity index (χ0) is 16.8. The normalized spacial score (nSPS) is 10.2.